The van der Waals surface area contributed by atoms with E-state index in [0.29, 0.717) is 4.57 Å². The molecule has 8 unspecified atom stereocenters. The first-order valence-electron chi connectivity index (χ1n) is 15.9. The van der Waals surface area contributed by atoms with Crippen molar-refractivity contribution in [3.05, 3.63) is 56.6 Å². The number of nitro benzene ring substituents is 1. The van der Waals surface area contributed by atoms with E-state index in [4.69, 9.17) is 43.0 Å². The molecule has 3 heterocycles. The molecule has 0 bridgehead atoms. The molecule has 2 fully saturated rings. The fraction of sp³-hybridized carbons (Fsp3) is 0.516. The third kappa shape index (κ3) is 10.2. The molecule has 2 saturated heterocycles. The normalized spacial score (nSPS) is 25.5. The van der Waals surface area contributed by atoms with Crippen molar-refractivity contribution < 1.29 is 85.8 Å². The van der Waals surface area contributed by atoms with Crippen molar-refractivity contribution in [2.24, 2.45) is 0 Å². The molecule has 1 amide bonds. The van der Waals surface area contributed by atoms with Gasteiger partial charge in [-0.25, -0.2) is 9.59 Å². The summed E-state index contributed by atoms with van der Waals surface area (Å²) in [5, 5.41) is 33.0. The molecule has 8 atom stereocenters. The minimum Gasteiger partial charge on any atom is -0.463 e. The van der Waals surface area contributed by atoms with Gasteiger partial charge in [-0.1, -0.05) is 6.07 Å². The lowest BCUT2D eigenvalue weighted by atomic mass is 9.98. The van der Waals surface area contributed by atoms with Crippen molar-refractivity contribution in [1.82, 2.24) is 9.55 Å². The summed E-state index contributed by atoms with van der Waals surface area (Å²) in [7, 11) is 0. The fourth-order valence-electron chi connectivity index (χ4n) is 5.37. The molecule has 0 radical (unpaired) electrons. The summed E-state index contributed by atoms with van der Waals surface area (Å²) in [5.74, 6) is -8.46. The first-order valence-corrected chi connectivity index (χ1v) is 15.9. The number of halogens is 2. The number of aromatic nitrogens is 2. The van der Waals surface area contributed by atoms with Crippen LogP contribution in [0.3, 0.4) is 0 Å². The maximum Gasteiger partial charge on any atom is 0.413 e. The molecular formula is C31H34F2N4O18. The highest BCUT2D eigenvalue weighted by molar-refractivity contribution is 5.83. The first-order chi connectivity index (χ1) is 25.8. The third-order valence-electron chi connectivity index (χ3n) is 7.65. The highest BCUT2D eigenvalue weighted by Crippen LogP contribution is 2.42. The zero-order valence-electron chi connectivity index (χ0n) is 29.2. The number of ether oxygens (including phenoxy) is 8. The van der Waals surface area contributed by atoms with E-state index in [0.717, 1.165) is 52.1 Å². The number of anilines is 1. The van der Waals surface area contributed by atoms with Gasteiger partial charge in [-0.3, -0.25) is 39.2 Å². The number of amides is 1. The van der Waals surface area contributed by atoms with E-state index in [1.807, 2.05) is 0 Å². The number of aliphatic hydroxyl groups excluding tert-OH is 2. The molecular weight excluding hydrogens is 754 g/mol. The average molecular weight is 789 g/mol. The molecule has 4 rings (SSSR count). The van der Waals surface area contributed by atoms with Crippen LogP contribution >= 0.6 is 0 Å². The predicted octanol–water partition coefficient (Wildman–Crippen LogP) is 0.248. The van der Waals surface area contributed by atoms with Crippen molar-refractivity contribution in [1.29, 1.82) is 0 Å². The largest absolute Gasteiger partial charge is 0.463 e. The monoisotopic (exact) mass is 788 g/mol. The molecule has 0 saturated carbocycles. The molecule has 1 aromatic carbocycles. The van der Waals surface area contributed by atoms with Crippen LogP contribution in [0.25, 0.3) is 0 Å². The van der Waals surface area contributed by atoms with Crippen LogP contribution in [0.2, 0.25) is 0 Å². The molecule has 2 aliphatic heterocycles. The molecule has 3 N–H and O–H groups in total. The lowest BCUT2D eigenvalue weighted by Crippen LogP contribution is -2.63. The Balaban J connectivity index is 1.51. The van der Waals surface area contributed by atoms with Crippen molar-refractivity contribution in [2.45, 2.75) is 89.4 Å². The van der Waals surface area contributed by atoms with Crippen molar-refractivity contribution in [2.75, 3.05) is 18.5 Å². The van der Waals surface area contributed by atoms with E-state index in [1.165, 1.54) is 6.07 Å². The SMILES string of the molecule is CC(=O)OCC1OC(Oc2ccc(COC(=O)Nc3ccn(C4OC(CO)C(O)C4(F)F)c(=O)n3)cc2[N+](=O)[O-])C(OC(C)=O)C(OC(C)=O)C1OC(C)=O. The number of esters is 4. The number of benzene rings is 1. The van der Waals surface area contributed by atoms with Gasteiger partial charge in [0.05, 0.1) is 11.5 Å². The number of alkyl halides is 2. The third-order valence-corrected chi connectivity index (χ3v) is 7.65. The Bertz CT molecular complexity index is 1860. The van der Waals surface area contributed by atoms with Crippen LogP contribution in [-0.2, 0) is 58.9 Å². The van der Waals surface area contributed by atoms with Gasteiger partial charge in [0, 0.05) is 40.0 Å². The molecule has 24 heteroatoms. The molecule has 22 nitrogen and oxygen atoms in total. The van der Waals surface area contributed by atoms with Gasteiger partial charge in [0.1, 0.15) is 31.2 Å². The summed E-state index contributed by atoms with van der Waals surface area (Å²) in [5.41, 5.74) is -2.05. The van der Waals surface area contributed by atoms with Crippen LogP contribution in [0.1, 0.15) is 39.5 Å². The van der Waals surface area contributed by atoms with Gasteiger partial charge < -0.3 is 48.1 Å². The maximum absolute atomic E-state index is 14.5. The van der Waals surface area contributed by atoms with Gasteiger partial charge in [-0.05, 0) is 17.7 Å². The van der Waals surface area contributed by atoms with Crippen LogP contribution < -0.4 is 15.7 Å². The Morgan fingerprint density at radius 2 is 1.58 bits per heavy atom. The standard InChI is InChI=1S/C31H34F2N4O18/c1-13(39)48-12-21-23(50-14(2)40)24(51-15(3)41)25(52-16(4)42)27(54-21)53-19-6-5-17(9-18(19)37(46)47)11-49-30(45)35-22-7-8-36(29(44)34-22)28-31(32,33)26(43)20(10-38)55-28/h5-9,20-21,23-28,38,43H,10-12H2,1-4H3,(H,34,35,44,45). The maximum atomic E-state index is 14.5. The smallest absolute Gasteiger partial charge is 0.413 e. The van der Waals surface area contributed by atoms with Gasteiger partial charge in [0.25, 0.3) is 0 Å². The Morgan fingerprint density at radius 1 is 0.945 bits per heavy atom. The summed E-state index contributed by atoms with van der Waals surface area (Å²) < 4.78 is 71.6. The van der Waals surface area contributed by atoms with Crippen LogP contribution in [-0.4, -0.2) is 117 Å². The van der Waals surface area contributed by atoms with Gasteiger partial charge in [0.15, 0.2) is 24.1 Å². The second-order valence-electron chi connectivity index (χ2n) is 11.8. The fourth-order valence-corrected chi connectivity index (χ4v) is 5.37. The summed E-state index contributed by atoms with van der Waals surface area (Å²) in [6.45, 7) is 1.90. The minimum absolute atomic E-state index is 0.0109. The van der Waals surface area contributed by atoms with Crippen molar-refractivity contribution in [3.8, 4) is 5.75 Å². The van der Waals surface area contributed by atoms with Gasteiger partial charge in [-0.2, -0.15) is 13.8 Å². The summed E-state index contributed by atoms with van der Waals surface area (Å²) >= 11 is 0. The minimum atomic E-state index is -3.97. The lowest BCUT2D eigenvalue weighted by molar-refractivity contribution is -0.387. The number of nitrogens with one attached hydrogen (secondary N) is 1. The lowest BCUT2D eigenvalue weighted by Gasteiger charge is -2.43. The zero-order valence-corrected chi connectivity index (χ0v) is 29.2. The average Bonchev–Trinajstić information content (AvgIpc) is 3.32. The van der Waals surface area contributed by atoms with Crippen molar-refractivity contribution >= 4 is 41.5 Å². The highest BCUT2D eigenvalue weighted by Gasteiger charge is 2.59. The number of carbonyl (C=O) groups excluding carboxylic acids is 5. The zero-order chi connectivity index (χ0) is 40.8. The number of carbonyl (C=O) groups is 5. The molecule has 55 heavy (non-hydrogen) atoms. The van der Waals surface area contributed by atoms with E-state index in [9.17, 15) is 52.8 Å². The van der Waals surface area contributed by atoms with Gasteiger partial charge in [-0.15, -0.1) is 0 Å². The number of hydrogen-bond donors (Lipinski definition) is 3. The Labute approximate surface area is 307 Å². The number of nitro groups is 1. The molecule has 300 valence electrons. The Hall–Kier alpha value is -5.85. The van der Waals surface area contributed by atoms with Gasteiger partial charge in [0.2, 0.25) is 18.6 Å². The number of nitrogens with zero attached hydrogens (tertiary/aromatic N) is 3. The second-order valence-corrected chi connectivity index (χ2v) is 11.8. The summed E-state index contributed by atoms with van der Waals surface area (Å²) in [6, 6.07) is 4.15. The molecule has 2 aromatic rings. The number of aliphatic hydroxyl groups is 2. The van der Waals surface area contributed by atoms with Crippen LogP contribution in [0.15, 0.2) is 35.3 Å². The first kappa shape index (κ1) is 41.9. The predicted molar refractivity (Wildman–Crippen MR) is 170 cm³/mol. The number of rotatable bonds is 13. The van der Waals surface area contributed by atoms with E-state index >= 15 is 0 Å². The molecule has 1 aromatic heterocycles. The molecule has 2 aliphatic rings. The van der Waals surface area contributed by atoms with E-state index in [1.54, 1.807) is 0 Å². The topological polar surface area (TPSA) is 290 Å². The van der Waals surface area contributed by atoms with E-state index in [2.05, 4.69) is 10.3 Å². The Morgan fingerprint density at radius 3 is 2.15 bits per heavy atom. The van der Waals surface area contributed by atoms with Crippen LogP contribution in [0.5, 0.6) is 5.75 Å². The summed E-state index contributed by atoms with van der Waals surface area (Å²) in [6.07, 6.45) is -14.9. The number of hydrogen-bond acceptors (Lipinski definition) is 19. The summed E-state index contributed by atoms with van der Waals surface area (Å²) in [4.78, 5) is 87.3. The van der Waals surface area contributed by atoms with Crippen molar-refractivity contribution in [3.63, 3.8) is 0 Å². The highest BCUT2D eigenvalue weighted by atomic mass is 19.3. The second kappa shape index (κ2) is 17.5. The van der Waals surface area contributed by atoms with E-state index < -0.39 is 133 Å². The molecule has 0 spiro atoms. The van der Waals surface area contributed by atoms with E-state index in [-0.39, 0.29) is 5.56 Å². The van der Waals surface area contributed by atoms with Gasteiger partial charge >= 0.3 is 47.3 Å². The van der Waals surface area contributed by atoms with Crippen LogP contribution in [0.4, 0.5) is 25.1 Å². The molecule has 0 aliphatic carbocycles. The van der Waals surface area contributed by atoms with Crippen LogP contribution in [0, 0.1) is 10.1 Å². The quantitative estimate of drug-likeness (QED) is 0.106. The Kier molecular flexibility index (Phi) is 13.4.